The van der Waals surface area contributed by atoms with E-state index in [1.807, 2.05) is 78.7 Å². The summed E-state index contributed by atoms with van der Waals surface area (Å²) < 4.78 is 0. The van der Waals surface area contributed by atoms with E-state index in [4.69, 9.17) is 0 Å². The second-order valence-electron chi connectivity index (χ2n) is 7.19. The first-order valence-electron chi connectivity index (χ1n) is 9.32. The molecule has 0 spiro atoms. The van der Waals surface area contributed by atoms with E-state index in [0.29, 0.717) is 6.54 Å². The molecule has 2 heterocycles. The van der Waals surface area contributed by atoms with Gasteiger partial charge in [0.1, 0.15) is 0 Å². The van der Waals surface area contributed by atoms with Gasteiger partial charge in [-0.05, 0) is 54.1 Å². The number of hydrogen-bond acceptors (Lipinski definition) is 3. The van der Waals surface area contributed by atoms with Crippen LogP contribution in [-0.4, -0.2) is 16.7 Å². The maximum atomic E-state index is 13.0. The first kappa shape index (κ1) is 18.4. The van der Waals surface area contributed by atoms with Gasteiger partial charge in [-0.2, -0.15) is 0 Å². The van der Waals surface area contributed by atoms with E-state index in [-0.39, 0.29) is 24.3 Å². The van der Waals surface area contributed by atoms with Gasteiger partial charge in [-0.15, -0.1) is 11.3 Å². The molecule has 1 atom stereocenters. The molecule has 1 aliphatic heterocycles. The summed E-state index contributed by atoms with van der Waals surface area (Å²) >= 11 is 1.58. The lowest BCUT2D eigenvalue weighted by Gasteiger charge is -2.27. The molecule has 2 aromatic carbocycles. The average Bonchev–Trinajstić information content (AvgIpc) is 3.32. The van der Waals surface area contributed by atoms with Gasteiger partial charge in [-0.1, -0.05) is 36.4 Å². The third-order valence-corrected chi connectivity index (χ3v) is 6.12. The van der Waals surface area contributed by atoms with Crippen LogP contribution < -0.4 is 5.32 Å². The van der Waals surface area contributed by atoms with E-state index in [9.17, 15) is 9.59 Å². The topological polar surface area (TPSA) is 49.4 Å². The number of nitrogens with zero attached hydrogens (tertiary/aromatic N) is 1. The van der Waals surface area contributed by atoms with Crippen molar-refractivity contribution in [2.24, 2.45) is 0 Å². The monoisotopic (exact) mass is 390 g/mol. The Morgan fingerprint density at radius 2 is 1.96 bits per heavy atom. The summed E-state index contributed by atoms with van der Waals surface area (Å²) in [5, 5.41) is 5.02. The molecule has 0 saturated carbocycles. The Hall–Kier alpha value is -2.92. The number of fused-ring (bicyclic) bond motifs is 1. The second kappa shape index (κ2) is 7.60. The fraction of sp³-hybridized carbons (Fsp3) is 0.217. The second-order valence-corrected chi connectivity index (χ2v) is 8.17. The first-order chi connectivity index (χ1) is 13.5. The maximum absolute atomic E-state index is 13.0. The summed E-state index contributed by atoms with van der Waals surface area (Å²) in [4.78, 5) is 28.7. The number of rotatable bonds is 5. The molecule has 28 heavy (non-hydrogen) atoms. The van der Waals surface area contributed by atoms with Crippen molar-refractivity contribution in [1.29, 1.82) is 0 Å². The van der Waals surface area contributed by atoms with Crippen LogP contribution in [0.2, 0.25) is 0 Å². The zero-order chi connectivity index (χ0) is 19.7. The molecular weight excluding hydrogens is 368 g/mol. The fourth-order valence-corrected chi connectivity index (χ4v) is 4.46. The van der Waals surface area contributed by atoms with Gasteiger partial charge in [-0.3, -0.25) is 9.59 Å². The van der Waals surface area contributed by atoms with Gasteiger partial charge in [-0.25, -0.2) is 0 Å². The molecule has 4 rings (SSSR count). The predicted molar refractivity (Wildman–Crippen MR) is 113 cm³/mol. The number of carbonyl (C=O) groups excluding carboxylic acids is 2. The van der Waals surface area contributed by atoms with Crippen LogP contribution in [0.1, 0.15) is 44.4 Å². The van der Waals surface area contributed by atoms with Gasteiger partial charge in [0.2, 0.25) is 5.91 Å². The van der Waals surface area contributed by atoms with Crippen molar-refractivity contribution in [2.45, 2.75) is 32.9 Å². The molecule has 0 fully saturated rings. The molecule has 0 unspecified atom stereocenters. The highest BCUT2D eigenvalue weighted by molar-refractivity contribution is 7.10. The van der Waals surface area contributed by atoms with Gasteiger partial charge in [0.05, 0.1) is 12.5 Å². The Bertz CT molecular complexity index is 1030. The summed E-state index contributed by atoms with van der Waals surface area (Å²) in [6.07, 6.45) is 0.230. The van der Waals surface area contributed by atoms with Gasteiger partial charge < -0.3 is 10.2 Å². The van der Waals surface area contributed by atoms with Crippen LogP contribution in [0.15, 0.2) is 60.0 Å². The summed E-state index contributed by atoms with van der Waals surface area (Å²) in [6.45, 7) is 4.52. The van der Waals surface area contributed by atoms with Crippen LogP contribution in [0.3, 0.4) is 0 Å². The lowest BCUT2D eigenvalue weighted by atomic mass is 10.1. The number of thiophene rings is 1. The maximum Gasteiger partial charge on any atom is 0.255 e. The molecule has 2 amide bonds. The Labute approximate surface area is 168 Å². The molecule has 4 nitrogen and oxygen atoms in total. The third-order valence-electron chi connectivity index (χ3n) is 5.14. The van der Waals surface area contributed by atoms with Crippen LogP contribution in [0.4, 0.5) is 5.69 Å². The molecule has 1 aliphatic rings. The van der Waals surface area contributed by atoms with Crippen LogP contribution in [0.25, 0.3) is 0 Å². The van der Waals surface area contributed by atoms with E-state index in [1.165, 1.54) is 0 Å². The minimum absolute atomic E-state index is 0.00599. The predicted octanol–water partition coefficient (Wildman–Crippen LogP) is 5.09. The van der Waals surface area contributed by atoms with Gasteiger partial charge in [0.25, 0.3) is 5.91 Å². The largest absolute Gasteiger partial charge is 0.326 e. The standard InChI is InChI=1S/C23H22N2O2S/c1-15-9-10-16(2)19(12-15)24-22(26)13-20(21-8-5-11-28-21)25-14-17-6-3-4-7-18(17)23(25)27/h3-12,20H,13-14H2,1-2H3,(H,24,26)/t20-/m1/s1. The Morgan fingerprint density at radius 1 is 1.14 bits per heavy atom. The van der Waals surface area contributed by atoms with Crippen LogP contribution in [0, 0.1) is 13.8 Å². The average molecular weight is 391 g/mol. The molecule has 0 bridgehead atoms. The number of hydrogen-bond donors (Lipinski definition) is 1. The molecule has 0 radical (unpaired) electrons. The third kappa shape index (κ3) is 3.58. The highest BCUT2D eigenvalue weighted by atomic mass is 32.1. The molecule has 3 aromatic rings. The van der Waals surface area contributed by atoms with Crippen molar-refractivity contribution in [3.05, 3.63) is 87.1 Å². The quantitative estimate of drug-likeness (QED) is 0.660. The van der Waals surface area contributed by atoms with Crippen LogP contribution in [0.5, 0.6) is 0 Å². The van der Waals surface area contributed by atoms with Crippen molar-refractivity contribution >= 4 is 28.8 Å². The molecule has 1 N–H and O–H groups in total. The number of aryl methyl sites for hydroxylation is 2. The lowest BCUT2D eigenvalue weighted by molar-refractivity contribution is -0.117. The Kier molecular flexibility index (Phi) is 5.01. The SMILES string of the molecule is Cc1ccc(C)c(NC(=O)C[C@H](c2cccs2)N2Cc3ccccc3C2=O)c1. The van der Waals surface area contributed by atoms with Crippen molar-refractivity contribution in [3.8, 4) is 0 Å². The normalized spacial score (nSPS) is 14.1. The molecule has 1 aromatic heterocycles. The minimum Gasteiger partial charge on any atom is -0.326 e. The van der Waals surface area contributed by atoms with Crippen LogP contribution >= 0.6 is 11.3 Å². The van der Waals surface area contributed by atoms with E-state index in [2.05, 4.69) is 5.32 Å². The van der Waals surface area contributed by atoms with Crippen molar-refractivity contribution in [2.75, 3.05) is 5.32 Å². The van der Waals surface area contributed by atoms with E-state index in [1.54, 1.807) is 11.3 Å². The summed E-state index contributed by atoms with van der Waals surface area (Å²) in [7, 11) is 0. The lowest BCUT2D eigenvalue weighted by Crippen LogP contribution is -2.31. The number of amides is 2. The van der Waals surface area contributed by atoms with Crippen molar-refractivity contribution in [3.63, 3.8) is 0 Å². The van der Waals surface area contributed by atoms with E-state index >= 15 is 0 Å². The highest BCUT2D eigenvalue weighted by Gasteiger charge is 2.34. The number of carbonyl (C=O) groups is 2. The molecular formula is C23H22N2O2S. The summed E-state index contributed by atoms with van der Waals surface area (Å²) in [5.41, 5.74) is 4.70. The number of benzene rings is 2. The first-order valence-corrected chi connectivity index (χ1v) is 10.2. The fourth-order valence-electron chi connectivity index (χ4n) is 3.62. The zero-order valence-electron chi connectivity index (χ0n) is 15.9. The number of anilines is 1. The smallest absolute Gasteiger partial charge is 0.255 e. The van der Waals surface area contributed by atoms with Crippen LogP contribution in [-0.2, 0) is 11.3 Å². The Balaban J connectivity index is 1.57. The van der Waals surface area contributed by atoms with Crippen molar-refractivity contribution < 1.29 is 9.59 Å². The molecule has 142 valence electrons. The molecule has 5 heteroatoms. The summed E-state index contributed by atoms with van der Waals surface area (Å²) in [6, 6.07) is 17.4. The number of nitrogens with one attached hydrogen (secondary N) is 1. The van der Waals surface area contributed by atoms with Gasteiger partial charge >= 0.3 is 0 Å². The van der Waals surface area contributed by atoms with Gasteiger partial charge in [0, 0.05) is 22.7 Å². The van der Waals surface area contributed by atoms with Gasteiger partial charge in [0.15, 0.2) is 0 Å². The molecule has 0 aliphatic carbocycles. The van der Waals surface area contributed by atoms with Crippen molar-refractivity contribution in [1.82, 2.24) is 4.90 Å². The summed E-state index contributed by atoms with van der Waals surface area (Å²) in [5.74, 6) is -0.0932. The van der Waals surface area contributed by atoms with E-state index in [0.717, 1.165) is 32.8 Å². The van der Waals surface area contributed by atoms with E-state index < -0.39 is 0 Å². The molecule has 0 saturated heterocycles. The Morgan fingerprint density at radius 3 is 2.71 bits per heavy atom. The zero-order valence-corrected chi connectivity index (χ0v) is 16.8. The highest BCUT2D eigenvalue weighted by Crippen LogP contribution is 2.35. The minimum atomic E-state index is -0.273.